The molecule has 88 valence electrons. The summed E-state index contributed by atoms with van der Waals surface area (Å²) in [5.74, 6) is 0. The standard InChI is InChI=1S/C9H16NO5/c1-6-5-9(15-10(11)12)4-3-7(13-2)8(9)14-6/h6-8,11H,3-5H2,1-2H3/q-1/t6-,7-,8+,9-/m0/s1. The maximum absolute atomic E-state index is 10.6. The average molecular weight is 218 g/mol. The zero-order valence-corrected chi connectivity index (χ0v) is 8.88. The summed E-state index contributed by atoms with van der Waals surface area (Å²) in [7, 11) is 1.61. The summed E-state index contributed by atoms with van der Waals surface area (Å²) in [4.78, 5) is 4.95. The molecule has 2 aliphatic rings. The fourth-order valence-electron chi connectivity index (χ4n) is 2.77. The molecule has 0 aromatic heterocycles. The molecule has 2 rings (SSSR count). The van der Waals surface area contributed by atoms with Crippen molar-refractivity contribution in [2.75, 3.05) is 7.11 Å². The predicted octanol–water partition coefficient (Wildman–Crippen LogP) is 0.832. The van der Waals surface area contributed by atoms with Gasteiger partial charge < -0.3 is 19.9 Å². The van der Waals surface area contributed by atoms with Gasteiger partial charge in [0.05, 0.1) is 12.2 Å². The Kier molecular flexibility index (Phi) is 2.98. The first-order valence-corrected chi connectivity index (χ1v) is 5.11. The van der Waals surface area contributed by atoms with Crippen LogP contribution in [0.15, 0.2) is 0 Å². The van der Waals surface area contributed by atoms with Crippen LogP contribution in [-0.2, 0) is 14.3 Å². The lowest BCUT2D eigenvalue weighted by atomic mass is 9.96. The zero-order valence-electron chi connectivity index (χ0n) is 8.88. The highest BCUT2D eigenvalue weighted by Gasteiger charge is 2.57. The number of nitrogens with zero attached hydrogens (tertiary/aromatic N) is 1. The third kappa shape index (κ3) is 1.89. The number of fused-ring (bicyclic) bond motifs is 1. The van der Waals surface area contributed by atoms with Crippen LogP contribution in [0.5, 0.6) is 0 Å². The summed E-state index contributed by atoms with van der Waals surface area (Å²) >= 11 is 0. The van der Waals surface area contributed by atoms with Gasteiger partial charge in [-0.15, -0.1) is 5.39 Å². The van der Waals surface area contributed by atoms with Crippen molar-refractivity contribution < 1.29 is 19.5 Å². The number of ether oxygens (including phenoxy) is 2. The summed E-state index contributed by atoms with van der Waals surface area (Å²) in [6.45, 7) is 1.92. The van der Waals surface area contributed by atoms with E-state index in [1.807, 2.05) is 6.92 Å². The van der Waals surface area contributed by atoms with Gasteiger partial charge in [0.1, 0.15) is 11.7 Å². The van der Waals surface area contributed by atoms with Crippen molar-refractivity contribution in [3.05, 3.63) is 5.21 Å². The van der Waals surface area contributed by atoms with E-state index in [1.165, 1.54) is 0 Å². The molecule has 1 aliphatic carbocycles. The summed E-state index contributed by atoms with van der Waals surface area (Å²) in [6.07, 6.45) is 1.75. The Bertz CT molecular complexity index is 237. The summed E-state index contributed by atoms with van der Waals surface area (Å²) in [6, 6.07) is 0. The summed E-state index contributed by atoms with van der Waals surface area (Å²) in [5.41, 5.74) is -0.712. The van der Waals surface area contributed by atoms with Gasteiger partial charge in [0, 0.05) is 13.5 Å². The highest BCUT2D eigenvalue weighted by atomic mass is 17.1. The molecule has 1 N–H and O–H groups in total. The lowest BCUT2D eigenvalue weighted by molar-refractivity contribution is -0.362. The highest BCUT2D eigenvalue weighted by Crippen LogP contribution is 2.46. The van der Waals surface area contributed by atoms with Gasteiger partial charge in [0.2, 0.25) is 0 Å². The van der Waals surface area contributed by atoms with Crippen LogP contribution in [0.1, 0.15) is 26.2 Å². The summed E-state index contributed by atoms with van der Waals surface area (Å²) < 4.78 is 10.9. The van der Waals surface area contributed by atoms with Gasteiger partial charge in [-0.1, -0.05) is 0 Å². The molecule has 1 heterocycles. The second-order valence-corrected chi connectivity index (χ2v) is 4.28. The SMILES string of the molecule is CO[C@H]1CC[C@]2(ON([O-])O)C[C@H](C)O[C@H]12. The third-order valence-corrected chi connectivity index (χ3v) is 3.28. The van der Waals surface area contributed by atoms with Crippen LogP contribution in [0.25, 0.3) is 0 Å². The van der Waals surface area contributed by atoms with E-state index in [-0.39, 0.29) is 18.3 Å². The zero-order chi connectivity index (χ0) is 11.1. The number of methoxy groups -OCH3 is 1. The highest BCUT2D eigenvalue weighted by molar-refractivity contribution is 5.05. The smallest absolute Gasteiger partial charge is 0.123 e. The van der Waals surface area contributed by atoms with Crippen LogP contribution in [0.4, 0.5) is 0 Å². The number of hydrogen-bond donors (Lipinski definition) is 1. The van der Waals surface area contributed by atoms with Gasteiger partial charge in [-0.25, -0.2) is 0 Å². The van der Waals surface area contributed by atoms with Crippen molar-refractivity contribution in [1.82, 2.24) is 5.39 Å². The van der Waals surface area contributed by atoms with Crippen molar-refractivity contribution in [2.24, 2.45) is 0 Å². The minimum atomic E-state index is -0.712. The Balaban J connectivity index is 2.14. The van der Waals surface area contributed by atoms with E-state index in [2.05, 4.69) is 0 Å². The number of hydrogen-bond acceptors (Lipinski definition) is 6. The maximum Gasteiger partial charge on any atom is 0.123 e. The molecule has 0 unspecified atom stereocenters. The fraction of sp³-hybridized carbons (Fsp3) is 1.00. The maximum atomic E-state index is 10.6. The molecule has 6 heteroatoms. The molecule has 0 aromatic rings. The van der Waals surface area contributed by atoms with Crippen LogP contribution in [0, 0.1) is 5.21 Å². The van der Waals surface area contributed by atoms with Crippen LogP contribution in [-0.4, -0.2) is 41.6 Å². The van der Waals surface area contributed by atoms with Crippen LogP contribution in [0.3, 0.4) is 0 Å². The average Bonchev–Trinajstić information content (AvgIpc) is 2.57. The van der Waals surface area contributed by atoms with E-state index in [9.17, 15) is 5.21 Å². The molecule has 6 nitrogen and oxygen atoms in total. The van der Waals surface area contributed by atoms with Crippen LogP contribution >= 0.6 is 0 Å². The van der Waals surface area contributed by atoms with Gasteiger partial charge >= 0.3 is 0 Å². The minimum absolute atomic E-state index is 0.0212. The lowest BCUT2D eigenvalue weighted by Crippen LogP contribution is -2.44. The Labute approximate surface area is 88.2 Å². The Morgan fingerprint density at radius 3 is 2.93 bits per heavy atom. The fourth-order valence-corrected chi connectivity index (χ4v) is 2.77. The third-order valence-electron chi connectivity index (χ3n) is 3.28. The molecule has 0 bridgehead atoms. The molecule has 0 aromatic carbocycles. The number of rotatable bonds is 3. The van der Waals surface area contributed by atoms with E-state index in [1.54, 1.807) is 7.11 Å². The molecule has 4 atom stereocenters. The van der Waals surface area contributed by atoms with E-state index < -0.39 is 11.0 Å². The van der Waals surface area contributed by atoms with Gasteiger partial charge in [-0.2, -0.15) is 0 Å². The topological polar surface area (TPSA) is 74.2 Å². The monoisotopic (exact) mass is 218 g/mol. The molecule has 15 heavy (non-hydrogen) atoms. The minimum Gasteiger partial charge on any atom is -0.738 e. The molecule has 1 aliphatic heterocycles. The normalized spacial score (nSPS) is 45.0. The van der Waals surface area contributed by atoms with E-state index in [4.69, 9.17) is 19.5 Å². The van der Waals surface area contributed by atoms with Crippen molar-refractivity contribution in [2.45, 2.75) is 50.1 Å². The second kappa shape index (κ2) is 3.97. The van der Waals surface area contributed by atoms with Gasteiger partial charge in [-0.3, -0.25) is 4.84 Å². The Morgan fingerprint density at radius 1 is 1.60 bits per heavy atom. The lowest BCUT2D eigenvalue weighted by Gasteiger charge is -2.34. The molecule has 0 radical (unpaired) electrons. The van der Waals surface area contributed by atoms with Crippen molar-refractivity contribution in [3.63, 3.8) is 0 Å². The first kappa shape index (κ1) is 11.3. The van der Waals surface area contributed by atoms with Gasteiger partial charge in [0.15, 0.2) is 0 Å². The quantitative estimate of drug-likeness (QED) is 0.707. The second-order valence-electron chi connectivity index (χ2n) is 4.28. The Morgan fingerprint density at radius 2 is 2.33 bits per heavy atom. The van der Waals surface area contributed by atoms with E-state index in [0.29, 0.717) is 12.8 Å². The van der Waals surface area contributed by atoms with E-state index >= 15 is 0 Å². The summed E-state index contributed by atoms with van der Waals surface area (Å²) in [5, 5.41) is 18.8. The molecule has 0 spiro atoms. The first-order chi connectivity index (χ1) is 7.07. The molecular formula is C9H16NO5-. The largest absolute Gasteiger partial charge is 0.738 e. The molecule has 1 saturated heterocycles. The van der Waals surface area contributed by atoms with Crippen LogP contribution < -0.4 is 0 Å². The van der Waals surface area contributed by atoms with Crippen molar-refractivity contribution in [1.29, 1.82) is 0 Å². The van der Waals surface area contributed by atoms with Crippen LogP contribution in [0.2, 0.25) is 0 Å². The predicted molar refractivity (Wildman–Crippen MR) is 49.8 cm³/mol. The Hall–Kier alpha value is -0.240. The van der Waals surface area contributed by atoms with Crippen molar-refractivity contribution >= 4 is 0 Å². The molecular weight excluding hydrogens is 202 g/mol. The molecule has 2 fully saturated rings. The van der Waals surface area contributed by atoms with Gasteiger partial charge in [-0.05, 0) is 19.8 Å². The first-order valence-electron chi connectivity index (χ1n) is 5.11. The molecule has 0 amide bonds. The van der Waals surface area contributed by atoms with E-state index in [0.717, 1.165) is 6.42 Å². The van der Waals surface area contributed by atoms with Gasteiger partial charge in [0.25, 0.3) is 0 Å². The van der Waals surface area contributed by atoms with Crippen molar-refractivity contribution in [3.8, 4) is 0 Å². The molecule has 1 saturated carbocycles.